The van der Waals surface area contributed by atoms with Gasteiger partial charge in [0.05, 0.1) is 0 Å². The Morgan fingerprint density at radius 2 is 2.07 bits per heavy atom. The van der Waals surface area contributed by atoms with Crippen LogP contribution in [0.2, 0.25) is 0 Å². The second kappa shape index (κ2) is 8.01. The minimum Gasteiger partial charge on any atom is -0.484 e. The van der Waals surface area contributed by atoms with Gasteiger partial charge in [0, 0.05) is 30.4 Å². The van der Waals surface area contributed by atoms with Gasteiger partial charge in [0.25, 0.3) is 5.91 Å². The summed E-state index contributed by atoms with van der Waals surface area (Å²) in [5, 5.41) is 5.01. The third-order valence-electron chi connectivity index (χ3n) is 5.21. The van der Waals surface area contributed by atoms with Crippen molar-refractivity contribution in [3.8, 4) is 5.75 Å². The Balaban J connectivity index is 1.29. The lowest BCUT2D eigenvalue weighted by molar-refractivity contribution is -0.123. The predicted molar refractivity (Wildman–Crippen MR) is 107 cm³/mol. The number of amides is 1. The highest BCUT2D eigenvalue weighted by molar-refractivity contribution is 6.05. The maximum Gasteiger partial charge on any atom is 0.257 e. The lowest BCUT2D eigenvalue weighted by Crippen LogP contribution is -2.41. The average Bonchev–Trinajstić information content (AvgIpc) is 3.04. The molecule has 1 amide bonds. The van der Waals surface area contributed by atoms with Gasteiger partial charge in [0.2, 0.25) is 0 Å². The monoisotopic (exact) mass is 366 g/mol. The number of para-hydroxylation sites is 1. The number of fused-ring (bicyclic) bond motifs is 3. The van der Waals surface area contributed by atoms with E-state index in [2.05, 4.69) is 17.1 Å². The lowest BCUT2D eigenvalue weighted by Gasteiger charge is -2.30. The molecule has 2 aromatic carbocycles. The van der Waals surface area contributed by atoms with Gasteiger partial charge >= 0.3 is 0 Å². The van der Waals surface area contributed by atoms with E-state index in [0.717, 1.165) is 47.5 Å². The van der Waals surface area contributed by atoms with Crippen LogP contribution in [0.25, 0.3) is 21.9 Å². The van der Waals surface area contributed by atoms with Crippen molar-refractivity contribution in [3.63, 3.8) is 0 Å². The second-order valence-electron chi connectivity index (χ2n) is 7.44. The molecule has 142 valence electrons. The van der Waals surface area contributed by atoms with Gasteiger partial charge in [-0.15, -0.1) is 0 Å². The van der Waals surface area contributed by atoms with Gasteiger partial charge in [-0.2, -0.15) is 0 Å². The van der Waals surface area contributed by atoms with Crippen LogP contribution in [0, 0.1) is 5.92 Å². The van der Waals surface area contributed by atoms with E-state index in [0.29, 0.717) is 12.3 Å². The highest BCUT2D eigenvalue weighted by Crippen LogP contribution is 2.31. The molecule has 27 heavy (non-hydrogen) atoms. The molecule has 0 radical (unpaired) electrons. The number of furan rings is 1. The summed E-state index contributed by atoms with van der Waals surface area (Å²) in [6.07, 6.45) is 2.57. The Hall–Kier alpha value is -2.53. The third-order valence-corrected chi connectivity index (χ3v) is 5.21. The van der Waals surface area contributed by atoms with E-state index in [4.69, 9.17) is 9.15 Å². The zero-order chi connectivity index (χ0) is 18.6. The van der Waals surface area contributed by atoms with Crippen LogP contribution < -0.4 is 10.1 Å². The van der Waals surface area contributed by atoms with Crippen LogP contribution in [0.15, 0.2) is 46.9 Å². The SMILES string of the molecule is C[C@@H]1CCCN(CCNC(=O)COc2ccc3oc4ccccc4c3c2)C1. The number of ether oxygens (including phenoxy) is 1. The van der Waals surface area contributed by atoms with Crippen LogP contribution in [-0.2, 0) is 4.79 Å². The maximum absolute atomic E-state index is 12.1. The minimum absolute atomic E-state index is 0.0255. The predicted octanol–water partition coefficient (Wildman–Crippen LogP) is 3.81. The molecule has 4 rings (SSSR count). The van der Waals surface area contributed by atoms with Gasteiger partial charge in [-0.1, -0.05) is 25.1 Å². The normalized spacial score (nSPS) is 18.0. The number of carbonyl (C=O) groups is 1. The Bertz CT molecular complexity index is 934. The molecule has 1 aliphatic rings. The number of nitrogens with one attached hydrogen (secondary N) is 1. The van der Waals surface area contributed by atoms with Crippen LogP contribution in [0.4, 0.5) is 0 Å². The number of piperidine rings is 1. The zero-order valence-corrected chi connectivity index (χ0v) is 15.7. The van der Waals surface area contributed by atoms with Crippen molar-refractivity contribution in [2.45, 2.75) is 19.8 Å². The molecule has 1 atom stereocenters. The van der Waals surface area contributed by atoms with Crippen LogP contribution in [0.1, 0.15) is 19.8 Å². The van der Waals surface area contributed by atoms with Gasteiger partial charge in [0.15, 0.2) is 6.61 Å². The smallest absolute Gasteiger partial charge is 0.257 e. The zero-order valence-electron chi connectivity index (χ0n) is 15.7. The third kappa shape index (κ3) is 4.25. The largest absolute Gasteiger partial charge is 0.484 e. The molecule has 0 saturated carbocycles. The first-order valence-electron chi connectivity index (χ1n) is 9.72. The van der Waals surface area contributed by atoms with E-state index in [9.17, 15) is 4.79 Å². The van der Waals surface area contributed by atoms with Gasteiger partial charge < -0.3 is 19.4 Å². The molecule has 1 saturated heterocycles. The number of likely N-dealkylation sites (tertiary alicyclic amines) is 1. The summed E-state index contributed by atoms with van der Waals surface area (Å²) in [5.41, 5.74) is 1.68. The molecule has 0 unspecified atom stereocenters. The van der Waals surface area contributed by atoms with E-state index in [1.807, 2.05) is 42.5 Å². The molecule has 0 spiro atoms. The molecule has 5 heteroatoms. The molecule has 1 fully saturated rings. The lowest BCUT2D eigenvalue weighted by atomic mass is 10.0. The molecular formula is C22H26N2O3. The van der Waals surface area contributed by atoms with E-state index in [-0.39, 0.29) is 12.5 Å². The summed E-state index contributed by atoms with van der Waals surface area (Å²) >= 11 is 0. The first-order valence-corrected chi connectivity index (χ1v) is 9.72. The minimum atomic E-state index is -0.0859. The number of hydrogen-bond acceptors (Lipinski definition) is 4. The number of benzene rings is 2. The van der Waals surface area contributed by atoms with E-state index in [1.54, 1.807) is 0 Å². The summed E-state index contributed by atoms with van der Waals surface area (Å²) in [6, 6.07) is 13.6. The molecule has 1 N–H and O–H groups in total. The van der Waals surface area contributed by atoms with Crippen molar-refractivity contribution in [1.29, 1.82) is 0 Å². The number of carbonyl (C=O) groups excluding carboxylic acids is 1. The molecule has 1 aromatic heterocycles. The standard InChI is InChI=1S/C22H26N2O3/c1-16-5-4-11-24(14-16)12-10-23-22(25)15-26-17-8-9-21-19(13-17)18-6-2-3-7-20(18)27-21/h2-3,6-9,13,16H,4-5,10-12,14-15H2,1H3,(H,23,25)/t16-/m1/s1. The van der Waals surface area contributed by atoms with Gasteiger partial charge in [-0.3, -0.25) is 4.79 Å². The maximum atomic E-state index is 12.1. The molecule has 3 aromatic rings. The van der Waals surface area contributed by atoms with Gasteiger partial charge in [0.1, 0.15) is 16.9 Å². The van der Waals surface area contributed by atoms with E-state index >= 15 is 0 Å². The molecular weight excluding hydrogens is 340 g/mol. The van der Waals surface area contributed by atoms with Crippen molar-refractivity contribution >= 4 is 27.8 Å². The Morgan fingerprint density at radius 3 is 2.96 bits per heavy atom. The number of hydrogen-bond donors (Lipinski definition) is 1. The molecule has 2 heterocycles. The van der Waals surface area contributed by atoms with E-state index in [1.165, 1.54) is 12.8 Å². The number of nitrogens with zero attached hydrogens (tertiary/aromatic N) is 1. The molecule has 1 aliphatic heterocycles. The highest BCUT2D eigenvalue weighted by Gasteiger charge is 2.16. The van der Waals surface area contributed by atoms with Gasteiger partial charge in [-0.25, -0.2) is 0 Å². The quantitative estimate of drug-likeness (QED) is 0.721. The first-order chi connectivity index (χ1) is 13.2. The molecule has 0 aliphatic carbocycles. The second-order valence-corrected chi connectivity index (χ2v) is 7.44. The summed E-state index contributed by atoms with van der Waals surface area (Å²) < 4.78 is 11.5. The summed E-state index contributed by atoms with van der Waals surface area (Å²) in [6.45, 7) is 6.15. The van der Waals surface area contributed by atoms with Crippen molar-refractivity contribution in [1.82, 2.24) is 10.2 Å². The van der Waals surface area contributed by atoms with Crippen LogP contribution >= 0.6 is 0 Å². The number of rotatable bonds is 6. The average molecular weight is 366 g/mol. The summed E-state index contributed by atoms with van der Waals surface area (Å²) in [4.78, 5) is 14.5. The van der Waals surface area contributed by atoms with Crippen molar-refractivity contribution < 1.29 is 13.9 Å². The van der Waals surface area contributed by atoms with E-state index < -0.39 is 0 Å². The van der Waals surface area contributed by atoms with Crippen LogP contribution in [-0.4, -0.2) is 43.6 Å². The Morgan fingerprint density at radius 1 is 1.22 bits per heavy atom. The fraction of sp³-hybridized carbons (Fsp3) is 0.409. The van der Waals surface area contributed by atoms with Gasteiger partial charge in [-0.05, 0) is 49.6 Å². The fourth-order valence-corrected chi connectivity index (χ4v) is 3.84. The molecule has 5 nitrogen and oxygen atoms in total. The fourth-order valence-electron chi connectivity index (χ4n) is 3.84. The Labute approximate surface area is 159 Å². The summed E-state index contributed by atoms with van der Waals surface area (Å²) in [7, 11) is 0. The highest BCUT2D eigenvalue weighted by atomic mass is 16.5. The van der Waals surface area contributed by atoms with Crippen molar-refractivity contribution in [2.24, 2.45) is 5.92 Å². The van der Waals surface area contributed by atoms with Crippen LogP contribution in [0.3, 0.4) is 0 Å². The summed E-state index contributed by atoms with van der Waals surface area (Å²) in [5.74, 6) is 1.35. The van der Waals surface area contributed by atoms with Crippen LogP contribution in [0.5, 0.6) is 5.75 Å². The topological polar surface area (TPSA) is 54.7 Å². The Kier molecular flexibility index (Phi) is 5.30. The molecule has 0 bridgehead atoms. The van der Waals surface area contributed by atoms with Crippen molar-refractivity contribution in [2.75, 3.05) is 32.8 Å². The first kappa shape index (κ1) is 17.9. The van der Waals surface area contributed by atoms with Crippen molar-refractivity contribution in [3.05, 3.63) is 42.5 Å².